The Bertz CT molecular complexity index is 531. The molecule has 0 radical (unpaired) electrons. The normalized spacial score (nSPS) is 10.5. The van der Waals surface area contributed by atoms with Crippen molar-refractivity contribution in [3.63, 3.8) is 0 Å². The third-order valence-corrected chi connectivity index (χ3v) is 4.07. The second-order valence-electron chi connectivity index (χ2n) is 4.93. The van der Waals surface area contributed by atoms with Crippen LogP contribution in [0.15, 0.2) is 18.2 Å². The zero-order chi connectivity index (χ0) is 17.2. The molecular formula is C15H24Cl2N6. The summed E-state index contributed by atoms with van der Waals surface area (Å²) in [5, 5.41) is 25.0. The minimum absolute atomic E-state index is 0.0522. The Hall–Kier alpha value is -1.50. The molecule has 0 unspecified atom stereocenters. The molecule has 5 N–H and O–H groups in total. The molecule has 0 saturated carbocycles. The molecule has 1 rings (SSSR count). The molecule has 1 aromatic carbocycles. The number of nitrogens with zero attached hydrogens (tertiary/aromatic N) is 1. The van der Waals surface area contributed by atoms with Crippen LogP contribution < -0.4 is 16.0 Å². The number of hydrogen-bond donors (Lipinski definition) is 5. The molecule has 6 nitrogen and oxygen atoms in total. The highest BCUT2D eigenvalue weighted by molar-refractivity contribution is 6.42. The predicted octanol–water partition coefficient (Wildman–Crippen LogP) is 2.47. The maximum Gasteiger partial charge on any atom is 0.195 e. The van der Waals surface area contributed by atoms with Gasteiger partial charge in [0.05, 0.1) is 10.0 Å². The lowest BCUT2D eigenvalue weighted by Gasteiger charge is -2.19. The minimum Gasteiger partial charge on any atom is -0.355 e. The Morgan fingerprint density at radius 1 is 1.04 bits per heavy atom. The summed E-state index contributed by atoms with van der Waals surface area (Å²) in [5.74, 6) is 0.153. The first-order valence-corrected chi connectivity index (χ1v) is 8.30. The van der Waals surface area contributed by atoms with E-state index in [1.54, 1.807) is 12.1 Å². The van der Waals surface area contributed by atoms with E-state index in [1.165, 1.54) is 0 Å². The van der Waals surface area contributed by atoms with Gasteiger partial charge in [0.25, 0.3) is 0 Å². The summed E-state index contributed by atoms with van der Waals surface area (Å²) in [4.78, 5) is 2.26. The van der Waals surface area contributed by atoms with Crippen molar-refractivity contribution in [3.05, 3.63) is 33.8 Å². The average molecular weight is 359 g/mol. The van der Waals surface area contributed by atoms with Crippen LogP contribution in [0.2, 0.25) is 10.0 Å². The fourth-order valence-corrected chi connectivity index (χ4v) is 2.25. The highest BCUT2D eigenvalue weighted by Crippen LogP contribution is 2.22. The highest BCUT2D eigenvalue weighted by Gasteiger charge is 2.03. The van der Waals surface area contributed by atoms with Crippen molar-refractivity contribution in [2.45, 2.75) is 20.4 Å². The van der Waals surface area contributed by atoms with E-state index in [1.807, 2.05) is 6.07 Å². The Kier molecular flexibility index (Phi) is 8.76. The summed E-state index contributed by atoms with van der Waals surface area (Å²) in [7, 11) is 0. The Balaban J connectivity index is 2.27. The molecular weight excluding hydrogens is 335 g/mol. The third-order valence-electron chi connectivity index (χ3n) is 3.33. The quantitative estimate of drug-likeness (QED) is 0.382. The van der Waals surface area contributed by atoms with Crippen LogP contribution in [0.5, 0.6) is 0 Å². The summed E-state index contributed by atoms with van der Waals surface area (Å²) in [6, 6.07) is 5.30. The molecule has 0 saturated heterocycles. The van der Waals surface area contributed by atoms with Gasteiger partial charge in [-0.25, -0.2) is 0 Å². The second kappa shape index (κ2) is 10.3. The van der Waals surface area contributed by atoms with E-state index < -0.39 is 0 Å². The van der Waals surface area contributed by atoms with Crippen molar-refractivity contribution in [2.24, 2.45) is 0 Å². The van der Waals surface area contributed by atoms with Crippen molar-refractivity contribution in [3.8, 4) is 0 Å². The zero-order valence-electron chi connectivity index (χ0n) is 13.5. The maximum absolute atomic E-state index is 7.78. The Labute approximate surface area is 147 Å². The molecule has 0 spiro atoms. The standard InChI is InChI=1S/C15H24Cl2N6/c1-3-23(4-2)8-7-20-14(18)22-15(19)21-10-11-5-6-12(16)13(17)9-11/h5-6,9H,3-4,7-8,10H2,1-2H3,(H5,18,19,20,21,22). The van der Waals surface area contributed by atoms with Crippen LogP contribution in [-0.4, -0.2) is 43.0 Å². The van der Waals surface area contributed by atoms with E-state index in [0.29, 0.717) is 23.1 Å². The van der Waals surface area contributed by atoms with E-state index >= 15 is 0 Å². The Morgan fingerprint density at radius 3 is 2.30 bits per heavy atom. The summed E-state index contributed by atoms with van der Waals surface area (Å²) in [5.41, 5.74) is 0.909. The van der Waals surface area contributed by atoms with Gasteiger partial charge in [0.2, 0.25) is 0 Å². The van der Waals surface area contributed by atoms with Crippen LogP contribution in [-0.2, 0) is 6.54 Å². The molecule has 0 aromatic heterocycles. The van der Waals surface area contributed by atoms with Crippen molar-refractivity contribution in [1.82, 2.24) is 20.9 Å². The summed E-state index contributed by atoms with van der Waals surface area (Å²) >= 11 is 11.8. The summed E-state index contributed by atoms with van der Waals surface area (Å²) in [6.07, 6.45) is 0. The van der Waals surface area contributed by atoms with Crippen LogP contribution in [0.1, 0.15) is 19.4 Å². The summed E-state index contributed by atoms with van der Waals surface area (Å²) in [6.45, 7) is 8.13. The van der Waals surface area contributed by atoms with E-state index in [4.69, 9.17) is 34.0 Å². The molecule has 0 aliphatic rings. The SMILES string of the molecule is CCN(CC)CCNC(=N)NC(=N)NCc1ccc(Cl)c(Cl)c1. The van der Waals surface area contributed by atoms with E-state index in [0.717, 1.165) is 25.2 Å². The van der Waals surface area contributed by atoms with Crippen LogP contribution >= 0.6 is 23.2 Å². The van der Waals surface area contributed by atoms with Crippen molar-refractivity contribution in [1.29, 1.82) is 10.8 Å². The molecule has 128 valence electrons. The molecule has 1 aromatic rings. The first-order chi connectivity index (χ1) is 11.0. The number of nitrogens with one attached hydrogen (secondary N) is 5. The van der Waals surface area contributed by atoms with Crippen molar-refractivity contribution >= 4 is 35.1 Å². The Morgan fingerprint density at radius 2 is 1.70 bits per heavy atom. The first-order valence-electron chi connectivity index (χ1n) is 7.54. The van der Waals surface area contributed by atoms with Gasteiger partial charge in [0.15, 0.2) is 11.9 Å². The van der Waals surface area contributed by atoms with E-state index in [2.05, 4.69) is 34.7 Å². The molecule has 0 fully saturated rings. The van der Waals surface area contributed by atoms with E-state index in [9.17, 15) is 0 Å². The monoisotopic (exact) mass is 358 g/mol. The fourth-order valence-electron chi connectivity index (χ4n) is 1.93. The molecule has 0 atom stereocenters. The molecule has 23 heavy (non-hydrogen) atoms. The lowest BCUT2D eigenvalue weighted by atomic mass is 10.2. The van der Waals surface area contributed by atoms with Gasteiger partial charge in [0, 0.05) is 19.6 Å². The number of benzene rings is 1. The second-order valence-corrected chi connectivity index (χ2v) is 5.75. The lowest BCUT2D eigenvalue weighted by Crippen LogP contribution is -2.47. The molecule has 8 heteroatoms. The third kappa shape index (κ3) is 7.54. The topological polar surface area (TPSA) is 87.0 Å². The van der Waals surface area contributed by atoms with Gasteiger partial charge in [-0.1, -0.05) is 43.1 Å². The first kappa shape index (κ1) is 19.5. The number of rotatable bonds is 7. The smallest absolute Gasteiger partial charge is 0.195 e. The molecule has 0 bridgehead atoms. The van der Waals surface area contributed by atoms with Crippen molar-refractivity contribution < 1.29 is 0 Å². The number of guanidine groups is 2. The van der Waals surface area contributed by atoms with E-state index in [-0.39, 0.29) is 11.9 Å². The summed E-state index contributed by atoms with van der Waals surface area (Å²) < 4.78 is 0. The maximum atomic E-state index is 7.78. The van der Waals surface area contributed by atoms with Gasteiger partial charge in [-0.15, -0.1) is 0 Å². The molecule has 0 amide bonds. The molecule has 0 heterocycles. The fraction of sp³-hybridized carbons (Fsp3) is 0.467. The van der Waals surface area contributed by atoms with Gasteiger partial charge >= 0.3 is 0 Å². The van der Waals surface area contributed by atoms with Crippen LogP contribution in [0.25, 0.3) is 0 Å². The number of likely N-dealkylation sites (N-methyl/N-ethyl adjacent to an activating group) is 1. The highest BCUT2D eigenvalue weighted by atomic mass is 35.5. The van der Waals surface area contributed by atoms with Gasteiger partial charge in [-0.3, -0.25) is 16.1 Å². The largest absolute Gasteiger partial charge is 0.355 e. The van der Waals surface area contributed by atoms with Crippen LogP contribution in [0.4, 0.5) is 0 Å². The van der Waals surface area contributed by atoms with Gasteiger partial charge < -0.3 is 15.5 Å². The molecule has 0 aliphatic carbocycles. The van der Waals surface area contributed by atoms with Crippen molar-refractivity contribution in [2.75, 3.05) is 26.2 Å². The zero-order valence-corrected chi connectivity index (χ0v) is 15.0. The van der Waals surface area contributed by atoms with Gasteiger partial charge in [0.1, 0.15) is 0 Å². The predicted molar refractivity (Wildman–Crippen MR) is 97.7 cm³/mol. The lowest BCUT2D eigenvalue weighted by molar-refractivity contribution is 0.308. The number of hydrogen-bond acceptors (Lipinski definition) is 3. The van der Waals surface area contributed by atoms with Crippen LogP contribution in [0, 0.1) is 10.8 Å². The van der Waals surface area contributed by atoms with Crippen LogP contribution in [0.3, 0.4) is 0 Å². The van der Waals surface area contributed by atoms with Gasteiger partial charge in [-0.2, -0.15) is 0 Å². The minimum atomic E-state index is 0.0522. The molecule has 0 aliphatic heterocycles. The number of halogens is 2. The average Bonchev–Trinajstić information content (AvgIpc) is 2.52. The van der Waals surface area contributed by atoms with Gasteiger partial charge in [-0.05, 0) is 30.8 Å².